The van der Waals surface area contributed by atoms with Gasteiger partial charge in [0.05, 0.1) is 18.1 Å². The summed E-state index contributed by atoms with van der Waals surface area (Å²) >= 11 is 0. The Balaban J connectivity index is 1.46. The third kappa shape index (κ3) is 3.74. The number of ether oxygens (including phenoxy) is 2. The second-order valence-corrected chi connectivity index (χ2v) is 5.86. The number of carbonyl (C=O) groups excluding carboxylic acids is 1. The third-order valence-electron chi connectivity index (χ3n) is 3.99. The van der Waals surface area contributed by atoms with E-state index in [2.05, 4.69) is 15.3 Å². The van der Waals surface area contributed by atoms with Crippen LogP contribution in [0.25, 0.3) is 11.0 Å². The van der Waals surface area contributed by atoms with Crippen molar-refractivity contribution in [1.82, 2.24) is 9.97 Å². The van der Waals surface area contributed by atoms with Gasteiger partial charge in [0.2, 0.25) is 5.88 Å². The van der Waals surface area contributed by atoms with Crippen molar-refractivity contribution >= 4 is 22.6 Å². The normalized spacial score (nSPS) is 10.6. The molecule has 2 heterocycles. The number of anilines is 1. The van der Waals surface area contributed by atoms with Gasteiger partial charge in [-0.2, -0.15) is 0 Å². The number of carbonyl (C=O) groups is 1. The Morgan fingerprint density at radius 3 is 2.44 bits per heavy atom. The quantitative estimate of drug-likeness (QED) is 0.545. The lowest BCUT2D eigenvalue weighted by atomic mass is 10.3. The molecule has 0 unspecified atom stereocenters. The summed E-state index contributed by atoms with van der Waals surface area (Å²) in [7, 11) is 1.56. The Morgan fingerprint density at radius 2 is 1.70 bits per heavy atom. The lowest BCUT2D eigenvalue weighted by Crippen LogP contribution is -2.12. The zero-order chi connectivity index (χ0) is 18.6. The van der Waals surface area contributed by atoms with Crippen molar-refractivity contribution < 1.29 is 14.3 Å². The molecule has 0 bridgehead atoms. The molecule has 0 aliphatic rings. The maximum atomic E-state index is 12.5. The molecule has 0 saturated heterocycles. The van der Waals surface area contributed by atoms with E-state index in [9.17, 15) is 4.79 Å². The molecule has 0 spiro atoms. The van der Waals surface area contributed by atoms with Crippen molar-refractivity contribution in [2.75, 3.05) is 12.4 Å². The Bertz CT molecular complexity index is 1070. The molecule has 4 aromatic rings. The van der Waals surface area contributed by atoms with Gasteiger partial charge in [-0.1, -0.05) is 18.2 Å². The number of aromatic nitrogens is 2. The van der Waals surface area contributed by atoms with Gasteiger partial charge in [-0.05, 0) is 48.5 Å². The predicted molar refractivity (Wildman–Crippen MR) is 104 cm³/mol. The number of benzene rings is 2. The minimum absolute atomic E-state index is 0.247. The molecule has 2 N–H and O–H groups in total. The number of hydrogen-bond donors (Lipinski definition) is 2. The molecular weight excluding hydrogens is 342 g/mol. The number of aromatic amines is 1. The third-order valence-corrected chi connectivity index (χ3v) is 3.99. The van der Waals surface area contributed by atoms with E-state index in [-0.39, 0.29) is 5.91 Å². The summed E-state index contributed by atoms with van der Waals surface area (Å²) in [6, 6.07) is 22.0. The molecule has 0 radical (unpaired) electrons. The van der Waals surface area contributed by atoms with Gasteiger partial charge in [0, 0.05) is 11.8 Å². The number of para-hydroxylation sites is 1. The number of nitrogens with one attached hydrogen (secondary N) is 2. The fraction of sp³-hybridized carbons (Fsp3) is 0.0476. The highest BCUT2D eigenvalue weighted by Crippen LogP contribution is 2.23. The minimum atomic E-state index is -0.247. The number of nitrogens with zero attached hydrogens (tertiary/aromatic N) is 1. The van der Waals surface area contributed by atoms with Gasteiger partial charge in [0.15, 0.2) is 0 Å². The van der Waals surface area contributed by atoms with Gasteiger partial charge in [0.25, 0.3) is 5.91 Å². The van der Waals surface area contributed by atoms with Crippen molar-refractivity contribution in [3.8, 4) is 17.4 Å². The van der Waals surface area contributed by atoms with Crippen LogP contribution in [0.4, 0.5) is 5.69 Å². The summed E-state index contributed by atoms with van der Waals surface area (Å²) in [5, 5.41) is 2.85. The van der Waals surface area contributed by atoms with Gasteiger partial charge >= 0.3 is 0 Å². The van der Waals surface area contributed by atoms with Crippen molar-refractivity contribution in [1.29, 1.82) is 0 Å². The molecule has 2 aromatic carbocycles. The maximum absolute atomic E-state index is 12.5. The standard InChI is InChI=1S/C21H17N3O3/c1-26-20-12-11-17-18(24-20)13-19(23-17)21(25)22-14-7-9-16(10-8-14)27-15-5-3-2-4-6-15/h2-13,23H,1H3,(H,22,25). The lowest BCUT2D eigenvalue weighted by Gasteiger charge is -2.07. The summed E-state index contributed by atoms with van der Waals surface area (Å²) in [5.74, 6) is 1.71. The molecule has 0 atom stereocenters. The molecule has 6 nitrogen and oxygen atoms in total. The number of fused-ring (bicyclic) bond motifs is 1. The minimum Gasteiger partial charge on any atom is -0.481 e. The van der Waals surface area contributed by atoms with E-state index in [4.69, 9.17) is 9.47 Å². The van der Waals surface area contributed by atoms with Crippen LogP contribution in [-0.2, 0) is 0 Å². The Morgan fingerprint density at radius 1 is 0.963 bits per heavy atom. The van der Waals surface area contributed by atoms with E-state index in [0.717, 1.165) is 11.3 Å². The molecule has 0 fully saturated rings. The van der Waals surface area contributed by atoms with E-state index in [1.165, 1.54) is 0 Å². The lowest BCUT2D eigenvalue weighted by molar-refractivity contribution is 0.102. The summed E-state index contributed by atoms with van der Waals surface area (Å²) in [5.41, 5.74) is 2.54. The topological polar surface area (TPSA) is 76.2 Å². The molecule has 1 amide bonds. The number of amides is 1. The summed E-state index contributed by atoms with van der Waals surface area (Å²) in [6.45, 7) is 0. The second kappa shape index (κ2) is 7.21. The van der Waals surface area contributed by atoms with Crippen molar-refractivity contribution in [2.24, 2.45) is 0 Å². The second-order valence-electron chi connectivity index (χ2n) is 5.86. The van der Waals surface area contributed by atoms with E-state index >= 15 is 0 Å². The van der Waals surface area contributed by atoms with Crippen LogP contribution in [0, 0.1) is 0 Å². The predicted octanol–water partition coefficient (Wildman–Crippen LogP) is 4.62. The van der Waals surface area contributed by atoms with Gasteiger partial charge in [-0.15, -0.1) is 0 Å². The van der Waals surface area contributed by atoms with Crippen LogP contribution in [0.15, 0.2) is 72.8 Å². The van der Waals surface area contributed by atoms with E-state index in [1.54, 1.807) is 43.5 Å². The summed E-state index contributed by atoms with van der Waals surface area (Å²) in [4.78, 5) is 19.8. The first-order valence-electron chi connectivity index (χ1n) is 8.39. The van der Waals surface area contributed by atoms with E-state index < -0.39 is 0 Å². The largest absolute Gasteiger partial charge is 0.481 e. The van der Waals surface area contributed by atoms with E-state index in [1.807, 2.05) is 36.4 Å². The highest BCUT2D eigenvalue weighted by Gasteiger charge is 2.11. The van der Waals surface area contributed by atoms with Crippen LogP contribution < -0.4 is 14.8 Å². The van der Waals surface area contributed by atoms with Gasteiger partial charge in [-0.3, -0.25) is 4.79 Å². The Kier molecular flexibility index (Phi) is 4.45. The Hall–Kier alpha value is -3.80. The first-order chi connectivity index (χ1) is 13.2. The van der Waals surface area contributed by atoms with Crippen molar-refractivity contribution in [3.63, 3.8) is 0 Å². The molecule has 6 heteroatoms. The van der Waals surface area contributed by atoms with Crippen LogP contribution in [0.1, 0.15) is 10.5 Å². The molecule has 0 aliphatic carbocycles. The number of H-pyrrole nitrogens is 1. The fourth-order valence-electron chi connectivity index (χ4n) is 2.66. The summed E-state index contributed by atoms with van der Waals surface area (Å²) < 4.78 is 10.8. The molecule has 27 heavy (non-hydrogen) atoms. The first kappa shape index (κ1) is 16.7. The number of methoxy groups -OCH3 is 1. The maximum Gasteiger partial charge on any atom is 0.272 e. The first-order valence-corrected chi connectivity index (χ1v) is 8.39. The SMILES string of the molecule is COc1ccc2[nH]c(C(=O)Nc3ccc(Oc4ccccc4)cc3)cc2n1. The number of rotatable bonds is 5. The zero-order valence-electron chi connectivity index (χ0n) is 14.6. The monoisotopic (exact) mass is 359 g/mol. The fourth-order valence-corrected chi connectivity index (χ4v) is 2.66. The van der Waals surface area contributed by atoms with Crippen molar-refractivity contribution in [3.05, 3.63) is 78.5 Å². The van der Waals surface area contributed by atoms with E-state index in [0.29, 0.717) is 28.5 Å². The molecule has 0 saturated carbocycles. The Labute approximate surface area is 155 Å². The smallest absolute Gasteiger partial charge is 0.272 e. The van der Waals surface area contributed by atoms with Crippen LogP contribution in [-0.4, -0.2) is 23.0 Å². The van der Waals surface area contributed by atoms with Gasteiger partial charge < -0.3 is 19.8 Å². The highest BCUT2D eigenvalue weighted by molar-refractivity contribution is 6.05. The molecular formula is C21H17N3O3. The zero-order valence-corrected chi connectivity index (χ0v) is 14.6. The van der Waals surface area contributed by atoms with Gasteiger partial charge in [0.1, 0.15) is 17.2 Å². The van der Waals surface area contributed by atoms with Crippen LogP contribution in [0.5, 0.6) is 17.4 Å². The van der Waals surface area contributed by atoms with Crippen molar-refractivity contribution in [2.45, 2.75) is 0 Å². The molecule has 2 aromatic heterocycles. The average Bonchev–Trinajstić information content (AvgIpc) is 3.13. The molecule has 4 rings (SSSR count). The highest BCUT2D eigenvalue weighted by atomic mass is 16.5. The average molecular weight is 359 g/mol. The summed E-state index contributed by atoms with van der Waals surface area (Å²) in [6.07, 6.45) is 0. The molecule has 134 valence electrons. The van der Waals surface area contributed by atoms with Crippen LogP contribution >= 0.6 is 0 Å². The number of pyridine rings is 1. The molecule has 0 aliphatic heterocycles. The van der Waals surface area contributed by atoms with Crippen LogP contribution in [0.3, 0.4) is 0 Å². The number of hydrogen-bond acceptors (Lipinski definition) is 4. The van der Waals surface area contributed by atoms with Crippen LogP contribution in [0.2, 0.25) is 0 Å². The van der Waals surface area contributed by atoms with Gasteiger partial charge in [-0.25, -0.2) is 4.98 Å².